The van der Waals surface area contributed by atoms with Gasteiger partial charge in [-0.2, -0.15) is 0 Å². The van der Waals surface area contributed by atoms with Crippen molar-refractivity contribution in [1.29, 1.82) is 0 Å². The van der Waals surface area contributed by atoms with E-state index < -0.39 is 18.0 Å². The summed E-state index contributed by atoms with van der Waals surface area (Å²) in [6.07, 6.45) is 1.47. The molecule has 0 aliphatic rings. The molecule has 0 spiro atoms. The normalized spacial score (nSPS) is 13.1. The molecule has 0 saturated carbocycles. The summed E-state index contributed by atoms with van der Waals surface area (Å²) in [7, 11) is 0. The van der Waals surface area contributed by atoms with E-state index >= 15 is 0 Å². The van der Waals surface area contributed by atoms with Crippen molar-refractivity contribution in [3.8, 4) is 0 Å². The van der Waals surface area contributed by atoms with Crippen molar-refractivity contribution in [2.24, 2.45) is 0 Å². The molecular weight excluding hydrogens is 202 g/mol. The number of carbonyl (C=O) groups is 1. The first-order chi connectivity index (χ1) is 6.89. The zero-order valence-electron chi connectivity index (χ0n) is 9.15. The lowest BCUT2D eigenvalue weighted by atomic mass is 10.1. The summed E-state index contributed by atoms with van der Waals surface area (Å²) in [5, 5.41) is 4.97. The second-order valence-electron chi connectivity index (χ2n) is 3.50. The van der Waals surface area contributed by atoms with E-state index in [9.17, 15) is 13.6 Å². The first kappa shape index (κ1) is 13.9. The molecule has 0 aliphatic carbocycles. The Labute approximate surface area is 88.9 Å². The van der Waals surface area contributed by atoms with Crippen molar-refractivity contribution in [2.45, 2.75) is 38.7 Å². The summed E-state index contributed by atoms with van der Waals surface area (Å²) in [5.41, 5.74) is 0. The number of amides is 2. The Morgan fingerprint density at radius 1 is 1.60 bits per heavy atom. The summed E-state index contributed by atoms with van der Waals surface area (Å²) in [6.45, 7) is 6.53. The molecule has 0 aromatic rings. The molecule has 5 heteroatoms. The number of rotatable bonds is 6. The van der Waals surface area contributed by atoms with E-state index in [-0.39, 0.29) is 6.42 Å². The van der Waals surface area contributed by atoms with Gasteiger partial charge in [0.15, 0.2) is 0 Å². The van der Waals surface area contributed by atoms with Crippen LogP contribution >= 0.6 is 0 Å². The highest BCUT2D eigenvalue weighted by molar-refractivity contribution is 5.74. The summed E-state index contributed by atoms with van der Waals surface area (Å²) in [4.78, 5) is 11.1. The highest BCUT2D eigenvalue weighted by Gasteiger charge is 2.26. The summed E-state index contributed by atoms with van der Waals surface area (Å²) < 4.78 is 25.5. The van der Waals surface area contributed by atoms with Gasteiger partial charge < -0.3 is 10.6 Å². The molecule has 0 aromatic carbocycles. The Balaban J connectivity index is 4.15. The van der Waals surface area contributed by atoms with Crippen molar-refractivity contribution >= 4 is 6.03 Å². The molecule has 0 bridgehead atoms. The third-order valence-corrected chi connectivity index (χ3v) is 1.73. The van der Waals surface area contributed by atoms with E-state index in [4.69, 9.17) is 0 Å². The second kappa shape index (κ2) is 6.37. The molecular formula is C10H18F2N2O. The fraction of sp³-hybridized carbons (Fsp3) is 0.700. The van der Waals surface area contributed by atoms with E-state index in [1.165, 1.54) is 6.08 Å². The molecule has 0 saturated heterocycles. The molecule has 0 aliphatic heterocycles. The van der Waals surface area contributed by atoms with Crippen LogP contribution in [0.15, 0.2) is 12.7 Å². The fourth-order valence-electron chi connectivity index (χ4n) is 1.22. The molecule has 0 heterocycles. The monoisotopic (exact) mass is 220 g/mol. The van der Waals surface area contributed by atoms with E-state index in [1.54, 1.807) is 6.92 Å². The average Bonchev–Trinajstić information content (AvgIpc) is 2.01. The lowest BCUT2D eigenvalue weighted by Crippen LogP contribution is -2.43. The van der Waals surface area contributed by atoms with Crippen LogP contribution in [0.25, 0.3) is 0 Å². The smallest absolute Gasteiger partial charge is 0.315 e. The van der Waals surface area contributed by atoms with E-state index in [2.05, 4.69) is 17.2 Å². The van der Waals surface area contributed by atoms with Gasteiger partial charge in [-0.3, -0.25) is 0 Å². The summed E-state index contributed by atoms with van der Waals surface area (Å²) >= 11 is 0. The summed E-state index contributed by atoms with van der Waals surface area (Å²) in [6, 6.07) is -0.998. The van der Waals surface area contributed by atoms with Crippen molar-refractivity contribution in [1.82, 2.24) is 10.6 Å². The van der Waals surface area contributed by atoms with E-state index in [1.807, 2.05) is 0 Å². The molecule has 1 atom stereocenters. The van der Waals surface area contributed by atoms with Gasteiger partial charge in [-0.1, -0.05) is 6.08 Å². The molecule has 0 fully saturated rings. The summed E-state index contributed by atoms with van der Waals surface area (Å²) in [5.74, 6) is -2.78. The molecule has 3 nitrogen and oxygen atoms in total. The third-order valence-electron chi connectivity index (χ3n) is 1.73. The zero-order valence-corrected chi connectivity index (χ0v) is 9.15. The van der Waals surface area contributed by atoms with Crippen molar-refractivity contribution in [3.05, 3.63) is 12.7 Å². The van der Waals surface area contributed by atoms with Gasteiger partial charge in [-0.25, -0.2) is 13.6 Å². The van der Waals surface area contributed by atoms with Crippen LogP contribution in [-0.2, 0) is 0 Å². The quantitative estimate of drug-likeness (QED) is 0.662. The van der Waals surface area contributed by atoms with Gasteiger partial charge in [0.1, 0.15) is 0 Å². The molecule has 0 rings (SSSR count). The number of hydrogen-bond acceptors (Lipinski definition) is 1. The first-order valence-electron chi connectivity index (χ1n) is 4.92. The Kier molecular flexibility index (Phi) is 5.89. The van der Waals surface area contributed by atoms with Crippen LogP contribution in [-0.4, -0.2) is 24.5 Å². The Morgan fingerprint density at radius 3 is 2.60 bits per heavy atom. The van der Waals surface area contributed by atoms with Crippen LogP contribution in [0, 0.1) is 0 Å². The van der Waals surface area contributed by atoms with Gasteiger partial charge in [0.25, 0.3) is 0 Å². The number of carbonyl (C=O) groups excluding carboxylic acids is 1. The topological polar surface area (TPSA) is 41.1 Å². The molecule has 88 valence electrons. The highest BCUT2D eigenvalue weighted by atomic mass is 19.3. The van der Waals surface area contributed by atoms with Gasteiger partial charge in [0.2, 0.25) is 5.92 Å². The maximum atomic E-state index is 12.7. The standard InChI is InChI=1S/C10H18F2N2O/c1-4-6-8(7-10(3,11)12)14-9(15)13-5-2/h4,8H,1,5-7H2,2-3H3,(H2,13,14,15). The molecule has 15 heavy (non-hydrogen) atoms. The van der Waals surface area contributed by atoms with Crippen LogP contribution in [0.2, 0.25) is 0 Å². The molecule has 2 N–H and O–H groups in total. The average molecular weight is 220 g/mol. The fourth-order valence-corrected chi connectivity index (χ4v) is 1.22. The van der Waals surface area contributed by atoms with Crippen LogP contribution in [0.1, 0.15) is 26.7 Å². The molecule has 1 unspecified atom stereocenters. The molecule has 2 amide bonds. The van der Waals surface area contributed by atoms with E-state index in [0.717, 1.165) is 6.92 Å². The van der Waals surface area contributed by atoms with Gasteiger partial charge in [-0.15, -0.1) is 6.58 Å². The number of alkyl halides is 2. The second-order valence-corrected chi connectivity index (χ2v) is 3.50. The number of nitrogens with one attached hydrogen (secondary N) is 2. The minimum Gasteiger partial charge on any atom is -0.338 e. The van der Waals surface area contributed by atoms with Gasteiger partial charge in [0.05, 0.1) is 0 Å². The minimum atomic E-state index is -2.78. The largest absolute Gasteiger partial charge is 0.338 e. The lowest BCUT2D eigenvalue weighted by molar-refractivity contribution is 0.00423. The number of hydrogen-bond donors (Lipinski definition) is 2. The van der Waals surface area contributed by atoms with Crippen LogP contribution in [0.4, 0.5) is 13.6 Å². The Morgan fingerprint density at radius 2 is 2.20 bits per heavy atom. The number of halogens is 2. The van der Waals surface area contributed by atoms with Crippen molar-refractivity contribution in [3.63, 3.8) is 0 Å². The van der Waals surface area contributed by atoms with Crippen LogP contribution < -0.4 is 10.6 Å². The van der Waals surface area contributed by atoms with Crippen molar-refractivity contribution in [2.75, 3.05) is 6.54 Å². The zero-order chi connectivity index (χ0) is 11.9. The SMILES string of the molecule is C=CCC(CC(C)(F)F)NC(=O)NCC. The van der Waals surface area contributed by atoms with Gasteiger partial charge >= 0.3 is 6.03 Å². The first-order valence-corrected chi connectivity index (χ1v) is 4.92. The van der Waals surface area contributed by atoms with Gasteiger partial charge in [-0.05, 0) is 20.3 Å². The Hall–Kier alpha value is -1.13. The predicted molar refractivity (Wildman–Crippen MR) is 56.0 cm³/mol. The number of urea groups is 1. The van der Waals surface area contributed by atoms with E-state index in [0.29, 0.717) is 13.0 Å². The third kappa shape index (κ3) is 7.90. The maximum Gasteiger partial charge on any atom is 0.315 e. The van der Waals surface area contributed by atoms with Crippen molar-refractivity contribution < 1.29 is 13.6 Å². The predicted octanol–water partition coefficient (Wildman–Crippen LogP) is 2.30. The molecule has 0 aromatic heterocycles. The van der Waals surface area contributed by atoms with Gasteiger partial charge in [0, 0.05) is 19.0 Å². The maximum absolute atomic E-state index is 12.7. The van der Waals surface area contributed by atoms with Crippen LogP contribution in [0.5, 0.6) is 0 Å². The Bertz CT molecular complexity index is 214. The minimum absolute atomic E-state index is 0.334. The highest BCUT2D eigenvalue weighted by Crippen LogP contribution is 2.20. The molecule has 0 radical (unpaired) electrons. The lowest BCUT2D eigenvalue weighted by Gasteiger charge is -2.20. The van der Waals surface area contributed by atoms with Crippen LogP contribution in [0.3, 0.4) is 0 Å².